The van der Waals surface area contributed by atoms with Crippen LogP contribution in [0.5, 0.6) is 0 Å². The Balaban J connectivity index is 1.41. The molecule has 3 aromatic rings. The predicted molar refractivity (Wildman–Crippen MR) is 121 cm³/mol. The highest BCUT2D eigenvalue weighted by molar-refractivity contribution is 6.04. The Morgan fingerprint density at radius 3 is 2.42 bits per heavy atom. The summed E-state index contributed by atoms with van der Waals surface area (Å²) in [6, 6.07) is 14.5. The number of aryl methyl sites for hydroxylation is 1. The third kappa shape index (κ3) is 5.11. The lowest BCUT2D eigenvalue weighted by Gasteiger charge is -2.12. The summed E-state index contributed by atoms with van der Waals surface area (Å²) < 4.78 is 20.3. The molecule has 0 bridgehead atoms. The minimum absolute atomic E-state index is 0.191. The van der Waals surface area contributed by atoms with Crippen molar-refractivity contribution in [1.29, 1.82) is 0 Å². The van der Waals surface area contributed by atoms with Gasteiger partial charge in [0.2, 0.25) is 0 Å². The summed E-state index contributed by atoms with van der Waals surface area (Å²) in [5, 5.41) is 5.52. The molecule has 1 aliphatic carbocycles. The van der Waals surface area contributed by atoms with Crippen molar-refractivity contribution < 1.29 is 23.5 Å². The molecule has 0 saturated heterocycles. The van der Waals surface area contributed by atoms with E-state index in [1.54, 1.807) is 49.4 Å². The first-order valence-corrected chi connectivity index (χ1v) is 10.6. The molecule has 1 aliphatic rings. The fourth-order valence-corrected chi connectivity index (χ4v) is 3.63. The second-order valence-electron chi connectivity index (χ2n) is 8.01. The van der Waals surface area contributed by atoms with E-state index in [1.165, 1.54) is 12.1 Å². The normalized spacial score (nSPS) is 12.8. The number of aromatic nitrogens is 1. The van der Waals surface area contributed by atoms with Gasteiger partial charge in [-0.25, -0.2) is 9.18 Å². The van der Waals surface area contributed by atoms with Crippen LogP contribution in [0.15, 0.2) is 54.6 Å². The number of para-hydroxylation sites is 1. The summed E-state index contributed by atoms with van der Waals surface area (Å²) in [7, 11) is 0. The smallest absolute Gasteiger partial charge is 0.340 e. The van der Waals surface area contributed by atoms with Crippen LogP contribution in [0.4, 0.5) is 10.1 Å². The Bertz CT molecular complexity index is 1210. The quantitative estimate of drug-likeness (QED) is 0.535. The maximum absolute atomic E-state index is 13.3. The van der Waals surface area contributed by atoms with Crippen LogP contribution in [0.3, 0.4) is 0 Å². The Kier molecular flexibility index (Phi) is 6.26. The molecule has 1 fully saturated rings. The van der Waals surface area contributed by atoms with Crippen molar-refractivity contribution in [2.24, 2.45) is 0 Å². The molecule has 1 aromatic heterocycles. The summed E-state index contributed by atoms with van der Waals surface area (Å²) in [6.07, 6.45) is 1.91. The topological polar surface area (TPSA) is 89.4 Å². The SMILES string of the molecule is Cc1cc(C(=O)OCC(=O)Nc2ccccc2C(=O)NC2CC2)c(C)n1-c1ccc(F)cc1. The highest BCUT2D eigenvalue weighted by Crippen LogP contribution is 2.23. The van der Waals surface area contributed by atoms with Gasteiger partial charge >= 0.3 is 5.97 Å². The van der Waals surface area contributed by atoms with E-state index in [1.807, 2.05) is 11.5 Å². The highest BCUT2D eigenvalue weighted by atomic mass is 19.1. The van der Waals surface area contributed by atoms with Crippen molar-refractivity contribution >= 4 is 23.5 Å². The van der Waals surface area contributed by atoms with Crippen LogP contribution < -0.4 is 10.6 Å². The Morgan fingerprint density at radius 1 is 1.03 bits per heavy atom. The van der Waals surface area contributed by atoms with Crippen molar-refractivity contribution in [1.82, 2.24) is 9.88 Å². The van der Waals surface area contributed by atoms with Crippen LogP contribution in [-0.2, 0) is 9.53 Å². The number of esters is 1. The fraction of sp³-hybridized carbons (Fsp3) is 0.240. The van der Waals surface area contributed by atoms with Crippen molar-refractivity contribution in [2.75, 3.05) is 11.9 Å². The van der Waals surface area contributed by atoms with Gasteiger partial charge < -0.3 is 19.9 Å². The second-order valence-corrected chi connectivity index (χ2v) is 8.01. The molecule has 1 saturated carbocycles. The molecule has 0 aliphatic heterocycles. The molecule has 4 rings (SSSR count). The van der Waals surface area contributed by atoms with Crippen LogP contribution in [0, 0.1) is 19.7 Å². The number of anilines is 1. The number of benzene rings is 2. The van der Waals surface area contributed by atoms with Crippen molar-refractivity contribution in [2.45, 2.75) is 32.7 Å². The predicted octanol–water partition coefficient (Wildman–Crippen LogP) is 3.92. The van der Waals surface area contributed by atoms with Gasteiger partial charge in [-0.05, 0) is 69.2 Å². The number of ether oxygens (including phenoxy) is 1. The number of nitrogens with zero attached hydrogens (tertiary/aromatic N) is 1. The minimum Gasteiger partial charge on any atom is -0.452 e. The fourth-order valence-electron chi connectivity index (χ4n) is 3.63. The zero-order chi connectivity index (χ0) is 23.5. The molecule has 170 valence electrons. The lowest BCUT2D eigenvalue weighted by atomic mass is 10.1. The maximum Gasteiger partial charge on any atom is 0.340 e. The summed E-state index contributed by atoms with van der Waals surface area (Å²) in [5.74, 6) is -1.80. The Labute approximate surface area is 190 Å². The Morgan fingerprint density at radius 2 is 1.73 bits per heavy atom. The van der Waals surface area contributed by atoms with Crippen molar-refractivity contribution in [3.05, 3.63) is 82.9 Å². The van der Waals surface area contributed by atoms with Gasteiger partial charge in [-0.2, -0.15) is 0 Å². The average molecular weight is 449 g/mol. The van der Waals surface area contributed by atoms with Crippen molar-refractivity contribution in [3.63, 3.8) is 0 Å². The summed E-state index contributed by atoms with van der Waals surface area (Å²) in [5.41, 5.74) is 3.12. The number of hydrogen-bond donors (Lipinski definition) is 2. The molecule has 0 atom stereocenters. The van der Waals surface area contributed by atoms with Crippen LogP contribution in [-0.4, -0.2) is 35.0 Å². The monoisotopic (exact) mass is 449 g/mol. The molecule has 0 unspecified atom stereocenters. The molecular weight excluding hydrogens is 425 g/mol. The second kappa shape index (κ2) is 9.28. The third-order valence-corrected chi connectivity index (χ3v) is 5.43. The molecule has 8 heteroatoms. The first-order chi connectivity index (χ1) is 15.8. The minimum atomic E-state index is -0.647. The summed E-state index contributed by atoms with van der Waals surface area (Å²) in [6.45, 7) is 3.07. The summed E-state index contributed by atoms with van der Waals surface area (Å²) in [4.78, 5) is 37.4. The van der Waals surface area contributed by atoms with Crippen LogP contribution >= 0.6 is 0 Å². The van der Waals surface area contributed by atoms with Gasteiger partial charge in [0.05, 0.1) is 16.8 Å². The zero-order valence-electron chi connectivity index (χ0n) is 18.4. The number of rotatable bonds is 7. The van der Waals surface area contributed by atoms with Gasteiger partial charge in [-0.3, -0.25) is 9.59 Å². The molecule has 0 spiro atoms. The molecule has 2 aromatic carbocycles. The van der Waals surface area contributed by atoms with Gasteiger partial charge in [-0.15, -0.1) is 0 Å². The molecular formula is C25H24FN3O4. The largest absolute Gasteiger partial charge is 0.452 e. The number of carbonyl (C=O) groups excluding carboxylic acids is 3. The zero-order valence-corrected chi connectivity index (χ0v) is 18.4. The molecule has 2 N–H and O–H groups in total. The van der Waals surface area contributed by atoms with E-state index in [0.29, 0.717) is 28.2 Å². The number of carbonyl (C=O) groups is 3. The standard InChI is InChI=1S/C25H24FN3O4/c1-15-13-21(16(2)29(15)19-11-7-17(26)8-12-19)25(32)33-14-23(30)28-22-6-4-3-5-20(22)24(31)27-18-9-10-18/h3-8,11-13,18H,9-10,14H2,1-2H3,(H,27,31)(H,28,30). The molecule has 0 radical (unpaired) electrons. The van der Waals surface area contributed by atoms with Crippen LogP contribution in [0.2, 0.25) is 0 Å². The lowest BCUT2D eigenvalue weighted by Crippen LogP contribution is -2.28. The van der Waals surface area contributed by atoms with E-state index >= 15 is 0 Å². The van der Waals surface area contributed by atoms with E-state index in [0.717, 1.165) is 18.5 Å². The van der Waals surface area contributed by atoms with Gasteiger partial charge in [0, 0.05) is 23.1 Å². The maximum atomic E-state index is 13.3. The highest BCUT2D eigenvalue weighted by Gasteiger charge is 2.25. The van der Waals surface area contributed by atoms with E-state index in [2.05, 4.69) is 10.6 Å². The molecule has 7 nitrogen and oxygen atoms in total. The number of amides is 2. The number of halogens is 1. The first-order valence-electron chi connectivity index (χ1n) is 10.6. The van der Waals surface area contributed by atoms with E-state index in [9.17, 15) is 18.8 Å². The van der Waals surface area contributed by atoms with Gasteiger partial charge in [0.25, 0.3) is 11.8 Å². The van der Waals surface area contributed by atoms with Crippen LogP contribution in [0.1, 0.15) is 44.9 Å². The lowest BCUT2D eigenvalue weighted by molar-refractivity contribution is -0.119. The van der Waals surface area contributed by atoms with Gasteiger partial charge in [-0.1, -0.05) is 12.1 Å². The Hall–Kier alpha value is -3.94. The molecule has 1 heterocycles. The summed E-state index contributed by atoms with van der Waals surface area (Å²) >= 11 is 0. The van der Waals surface area contributed by atoms with Crippen LogP contribution in [0.25, 0.3) is 5.69 Å². The third-order valence-electron chi connectivity index (χ3n) is 5.43. The molecule has 33 heavy (non-hydrogen) atoms. The van der Waals surface area contributed by atoms with E-state index < -0.39 is 18.5 Å². The number of nitrogens with one attached hydrogen (secondary N) is 2. The van der Waals surface area contributed by atoms with E-state index in [-0.39, 0.29) is 17.8 Å². The average Bonchev–Trinajstić information content (AvgIpc) is 3.56. The van der Waals surface area contributed by atoms with E-state index in [4.69, 9.17) is 4.74 Å². The first kappa shape index (κ1) is 22.3. The van der Waals surface area contributed by atoms with Gasteiger partial charge in [0.15, 0.2) is 6.61 Å². The van der Waals surface area contributed by atoms with Crippen molar-refractivity contribution in [3.8, 4) is 5.69 Å². The number of hydrogen-bond acceptors (Lipinski definition) is 4. The molecule has 2 amide bonds. The van der Waals surface area contributed by atoms with Gasteiger partial charge in [0.1, 0.15) is 5.82 Å².